The fourth-order valence-electron chi connectivity index (χ4n) is 1.97. The molecule has 0 amide bonds. The molecular formula is C15H25BrN2O. The van der Waals surface area contributed by atoms with Gasteiger partial charge in [-0.05, 0) is 18.4 Å². The van der Waals surface area contributed by atoms with Crippen LogP contribution in [-0.4, -0.2) is 49.4 Å². The number of unbranched alkanes of at least 4 members (excludes halogenated alkanes) is 1. The van der Waals surface area contributed by atoms with Crippen molar-refractivity contribution in [2.45, 2.75) is 31.0 Å². The van der Waals surface area contributed by atoms with Crippen LogP contribution in [0.3, 0.4) is 0 Å². The number of allylic oxidation sites excluding steroid dienone is 3. The molecule has 0 saturated carbocycles. The number of rotatable bonds is 7. The highest BCUT2D eigenvalue weighted by atomic mass is 79.9. The first-order valence-electron chi connectivity index (χ1n) is 6.92. The number of likely N-dealkylation sites (N-methyl/N-ethyl adjacent to an activating group) is 1. The van der Waals surface area contributed by atoms with Crippen molar-refractivity contribution in [2.75, 3.05) is 33.9 Å². The molecule has 0 saturated heterocycles. The van der Waals surface area contributed by atoms with E-state index in [1.54, 1.807) is 0 Å². The quantitative estimate of drug-likeness (QED) is 0.309. The minimum Gasteiger partial charge on any atom is -0.374 e. The van der Waals surface area contributed by atoms with Gasteiger partial charge in [0.05, 0.1) is 0 Å². The smallest absolute Gasteiger partial charge is 0.125 e. The molecule has 4 heteroatoms. The summed E-state index contributed by atoms with van der Waals surface area (Å²) in [5.74, 6) is 1.01. The SMILES string of the molecule is CCCCOCC(=NC)N(C)CC1=CC=CC(Br)C1. The van der Waals surface area contributed by atoms with E-state index in [4.69, 9.17) is 4.74 Å². The summed E-state index contributed by atoms with van der Waals surface area (Å²) in [4.78, 5) is 6.97. The fraction of sp³-hybridized carbons (Fsp3) is 0.667. The highest BCUT2D eigenvalue weighted by Crippen LogP contribution is 2.19. The number of halogens is 1. The molecule has 19 heavy (non-hydrogen) atoms. The van der Waals surface area contributed by atoms with Crippen molar-refractivity contribution in [3.63, 3.8) is 0 Å². The van der Waals surface area contributed by atoms with E-state index in [-0.39, 0.29) is 0 Å². The molecule has 0 bridgehead atoms. The zero-order valence-corrected chi connectivity index (χ0v) is 13.8. The number of hydrogen-bond donors (Lipinski definition) is 0. The van der Waals surface area contributed by atoms with E-state index in [1.165, 1.54) is 12.0 Å². The third kappa shape index (κ3) is 6.39. The van der Waals surface area contributed by atoms with E-state index >= 15 is 0 Å². The third-order valence-corrected chi connectivity index (χ3v) is 3.75. The second kappa shape index (κ2) is 9.32. The molecule has 1 aliphatic rings. The zero-order chi connectivity index (χ0) is 14.1. The Balaban J connectivity index is 2.39. The topological polar surface area (TPSA) is 24.8 Å². The van der Waals surface area contributed by atoms with Crippen LogP contribution < -0.4 is 0 Å². The Morgan fingerprint density at radius 1 is 1.58 bits per heavy atom. The minimum absolute atomic E-state index is 0.462. The molecular weight excluding hydrogens is 304 g/mol. The minimum atomic E-state index is 0.462. The summed E-state index contributed by atoms with van der Waals surface area (Å²) >= 11 is 3.63. The van der Waals surface area contributed by atoms with E-state index < -0.39 is 0 Å². The Hall–Kier alpha value is -0.610. The van der Waals surface area contributed by atoms with Gasteiger partial charge in [-0.15, -0.1) is 0 Å². The highest BCUT2D eigenvalue weighted by Gasteiger charge is 2.12. The van der Waals surface area contributed by atoms with Crippen LogP contribution in [0, 0.1) is 0 Å². The van der Waals surface area contributed by atoms with Gasteiger partial charge < -0.3 is 9.64 Å². The average Bonchev–Trinajstić information content (AvgIpc) is 2.38. The lowest BCUT2D eigenvalue weighted by Crippen LogP contribution is -2.33. The summed E-state index contributed by atoms with van der Waals surface area (Å²) < 4.78 is 5.64. The van der Waals surface area contributed by atoms with Gasteiger partial charge in [0.25, 0.3) is 0 Å². The molecule has 0 radical (unpaired) electrons. The molecule has 0 aromatic rings. The van der Waals surface area contributed by atoms with Crippen molar-refractivity contribution in [1.82, 2.24) is 4.90 Å². The van der Waals surface area contributed by atoms with Crippen LogP contribution in [0.4, 0.5) is 0 Å². The van der Waals surface area contributed by atoms with Gasteiger partial charge in [0, 0.05) is 32.1 Å². The van der Waals surface area contributed by atoms with Crippen LogP contribution in [0.25, 0.3) is 0 Å². The standard InChI is InChI=1S/C15H25BrN2O/c1-4-5-9-19-12-15(17-2)18(3)11-13-7-6-8-14(16)10-13/h6-8,14H,4-5,9-12H2,1-3H3. The molecule has 0 aromatic heterocycles. The first-order chi connectivity index (χ1) is 9.17. The monoisotopic (exact) mass is 328 g/mol. The largest absolute Gasteiger partial charge is 0.374 e. The lowest BCUT2D eigenvalue weighted by atomic mass is 10.0. The number of alkyl halides is 1. The number of ether oxygens (including phenoxy) is 1. The lowest BCUT2D eigenvalue weighted by molar-refractivity contribution is 0.161. The maximum atomic E-state index is 5.64. The molecule has 0 aliphatic heterocycles. The molecule has 0 N–H and O–H groups in total. The molecule has 1 rings (SSSR count). The number of hydrogen-bond acceptors (Lipinski definition) is 2. The molecule has 108 valence electrons. The van der Waals surface area contributed by atoms with Crippen molar-refractivity contribution < 1.29 is 4.74 Å². The van der Waals surface area contributed by atoms with Crippen LogP contribution in [0.15, 0.2) is 28.8 Å². The van der Waals surface area contributed by atoms with Crippen LogP contribution in [0.2, 0.25) is 0 Å². The van der Waals surface area contributed by atoms with Gasteiger partial charge in [-0.3, -0.25) is 4.99 Å². The average molecular weight is 329 g/mol. The second-order valence-electron chi connectivity index (χ2n) is 4.83. The van der Waals surface area contributed by atoms with Crippen molar-refractivity contribution in [1.29, 1.82) is 0 Å². The molecule has 1 aliphatic carbocycles. The first-order valence-corrected chi connectivity index (χ1v) is 7.83. The number of nitrogens with zero attached hydrogens (tertiary/aromatic N) is 2. The number of aliphatic imine (C=N–C) groups is 1. The Morgan fingerprint density at radius 3 is 3.00 bits per heavy atom. The van der Waals surface area contributed by atoms with Gasteiger partial charge in [-0.25, -0.2) is 0 Å². The van der Waals surface area contributed by atoms with Crippen LogP contribution in [0.5, 0.6) is 0 Å². The van der Waals surface area contributed by atoms with Gasteiger partial charge >= 0.3 is 0 Å². The Bertz CT molecular complexity index is 350. The maximum absolute atomic E-state index is 5.64. The van der Waals surface area contributed by atoms with E-state index in [9.17, 15) is 0 Å². The van der Waals surface area contributed by atoms with Crippen LogP contribution in [0.1, 0.15) is 26.2 Å². The van der Waals surface area contributed by atoms with Crippen LogP contribution in [-0.2, 0) is 4.74 Å². The van der Waals surface area contributed by atoms with Crippen molar-refractivity contribution in [3.05, 3.63) is 23.8 Å². The second-order valence-corrected chi connectivity index (χ2v) is 6.01. The molecule has 0 heterocycles. The van der Waals surface area contributed by atoms with E-state index in [0.717, 1.165) is 31.8 Å². The summed E-state index contributed by atoms with van der Waals surface area (Å²) in [7, 11) is 3.91. The van der Waals surface area contributed by atoms with Crippen molar-refractivity contribution in [2.24, 2.45) is 4.99 Å². The van der Waals surface area contributed by atoms with Gasteiger partial charge in [0.1, 0.15) is 12.4 Å². The molecule has 1 unspecified atom stereocenters. The van der Waals surface area contributed by atoms with Gasteiger partial charge in [-0.2, -0.15) is 0 Å². The predicted molar refractivity (Wildman–Crippen MR) is 86.3 cm³/mol. The Morgan fingerprint density at radius 2 is 2.37 bits per heavy atom. The maximum Gasteiger partial charge on any atom is 0.125 e. The fourth-order valence-corrected chi connectivity index (χ4v) is 2.56. The molecule has 0 fully saturated rings. The van der Waals surface area contributed by atoms with Gasteiger partial charge in [0.2, 0.25) is 0 Å². The predicted octanol–water partition coefficient (Wildman–Crippen LogP) is 3.41. The Labute approximate surface area is 125 Å². The number of amidine groups is 1. The van der Waals surface area contributed by atoms with Gasteiger partial charge in [0.15, 0.2) is 0 Å². The van der Waals surface area contributed by atoms with Gasteiger partial charge in [-0.1, -0.05) is 47.5 Å². The normalized spacial score (nSPS) is 19.5. The summed E-state index contributed by atoms with van der Waals surface area (Å²) in [6, 6.07) is 0. The molecule has 3 nitrogen and oxygen atoms in total. The lowest BCUT2D eigenvalue weighted by Gasteiger charge is -2.24. The molecule has 1 atom stereocenters. The zero-order valence-electron chi connectivity index (χ0n) is 12.2. The van der Waals surface area contributed by atoms with E-state index in [1.807, 2.05) is 7.05 Å². The first kappa shape index (κ1) is 16.4. The summed E-state index contributed by atoms with van der Waals surface area (Å²) in [6.07, 6.45) is 9.83. The van der Waals surface area contributed by atoms with Crippen molar-refractivity contribution >= 4 is 21.8 Å². The Kier molecular flexibility index (Phi) is 8.07. The summed E-state index contributed by atoms with van der Waals surface area (Å²) in [5.41, 5.74) is 1.42. The van der Waals surface area contributed by atoms with E-state index in [2.05, 4.69) is 58.0 Å². The molecule has 0 aromatic carbocycles. The third-order valence-electron chi connectivity index (χ3n) is 3.12. The highest BCUT2D eigenvalue weighted by molar-refractivity contribution is 9.09. The van der Waals surface area contributed by atoms with E-state index in [0.29, 0.717) is 11.4 Å². The molecule has 0 spiro atoms. The van der Waals surface area contributed by atoms with Crippen molar-refractivity contribution in [3.8, 4) is 0 Å². The summed E-state index contributed by atoms with van der Waals surface area (Å²) in [6.45, 7) is 4.51. The summed E-state index contributed by atoms with van der Waals surface area (Å²) in [5, 5.41) is 0. The van der Waals surface area contributed by atoms with Crippen LogP contribution >= 0.6 is 15.9 Å².